The fourth-order valence-electron chi connectivity index (χ4n) is 2.54. The minimum Gasteiger partial charge on any atom is -0.357 e. The molecule has 0 aromatic carbocycles. The Balaban J connectivity index is 2.21. The zero-order valence-corrected chi connectivity index (χ0v) is 12.7. The lowest BCUT2D eigenvalue weighted by Gasteiger charge is -2.41. The third-order valence-corrected chi connectivity index (χ3v) is 3.84. The van der Waals surface area contributed by atoms with Gasteiger partial charge in [-0.1, -0.05) is 6.07 Å². The molecule has 2 rings (SSSR count). The van der Waals surface area contributed by atoms with Crippen molar-refractivity contribution in [3.05, 3.63) is 30.1 Å². The SMILES string of the molecule is CNC(=O)C1CN(C(C)C)CCN1C(=O)c1ccccn1. The highest BCUT2D eigenvalue weighted by atomic mass is 16.2. The molecule has 0 radical (unpaired) electrons. The molecule has 1 atom stereocenters. The second-order valence-corrected chi connectivity index (χ2v) is 5.43. The van der Waals surface area contributed by atoms with Crippen LogP contribution in [0.25, 0.3) is 0 Å². The topological polar surface area (TPSA) is 65.5 Å². The molecule has 2 heterocycles. The van der Waals surface area contributed by atoms with E-state index in [1.165, 1.54) is 0 Å². The van der Waals surface area contributed by atoms with E-state index in [1.807, 2.05) is 0 Å². The van der Waals surface area contributed by atoms with Crippen LogP contribution in [0.1, 0.15) is 24.3 Å². The summed E-state index contributed by atoms with van der Waals surface area (Å²) in [7, 11) is 1.60. The Bertz CT molecular complexity index is 504. The van der Waals surface area contributed by atoms with Crippen LogP contribution in [-0.4, -0.2) is 65.4 Å². The highest BCUT2D eigenvalue weighted by Gasteiger charge is 2.36. The summed E-state index contributed by atoms with van der Waals surface area (Å²) in [6.07, 6.45) is 1.59. The van der Waals surface area contributed by atoms with Gasteiger partial charge in [-0.05, 0) is 26.0 Å². The van der Waals surface area contributed by atoms with Gasteiger partial charge < -0.3 is 10.2 Å². The predicted octanol–water partition coefficient (Wildman–Crippen LogP) is 0.362. The van der Waals surface area contributed by atoms with E-state index in [9.17, 15) is 9.59 Å². The van der Waals surface area contributed by atoms with E-state index >= 15 is 0 Å². The van der Waals surface area contributed by atoms with E-state index in [0.717, 1.165) is 6.54 Å². The predicted molar refractivity (Wildman–Crippen MR) is 79.8 cm³/mol. The van der Waals surface area contributed by atoms with E-state index in [1.54, 1.807) is 36.3 Å². The molecule has 1 fully saturated rings. The summed E-state index contributed by atoms with van der Waals surface area (Å²) >= 11 is 0. The van der Waals surface area contributed by atoms with Crippen molar-refractivity contribution in [1.82, 2.24) is 20.1 Å². The van der Waals surface area contributed by atoms with Gasteiger partial charge in [-0.25, -0.2) is 0 Å². The first-order valence-corrected chi connectivity index (χ1v) is 7.22. The van der Waals surface area contributed by atoms with Gasteiger partial charge in [0.05, 0.1) is 0 Å². The van der Waals surface area contributed by atoms with Crippen LogP contribution in [0.2, 0.25) is 0 Å². The van der Waals surface area contributed by atoms with Crippen molar-refractivity contribution in [2.24, 2.45) is 0 Å². The average Bonchev–Trinajstić information content (AvgIpc) is 2.53. The van der Waals surface area contributed by atoms with Crippen LogP contribution in [0.15, 0.2) is 24.4 Å². The summed E-state index contributed by atoms with van der Waals surface area (Å²) in [6, 6.07) is 5.10. The lowest BCUT2D eigenvalue weighted by molar-refractivity contribution is -0.127. The van der Waals surface area contributed by atoms with Crippen LogP contribution in [0.3, 0.4) is 0 Å². The number of carbonyl (C=O) groups excluding carboxylic acids is 2. The van der Waals surface area contributed by atoms with Crippen LogP contribution < -0.4 is 5.32 Å². The molecule has 1 saturated heterocycles. The van der Waals surface area contributed by atoms with Crippen LogP contribution >= 0.6 is 0 Å². The van der Waals surface area contributed by atoms with Gasteiger partial charge in [-0.15, -0.1) is 0 Å². The number of piperazine rings is 1. The number of carbonyl (C=O) groups is 2. The number of hydrogen-bond donors (Lipinski definition) is 1. The van der Waals surface area contributed by atoms with E-state index < -0.39 is 6.04 Å². The Kier molecular flexibility index (Phi) is 4.90. The fourth-order valence-corrected chi connectivity index (χ4v) is 2.54. The molecule has 2 amide bonds. The van der Waals surface area contributed by atoms with Gasteiger partial charge in [0.25, 0.3) is 5.91 Å². The van der Waals surface area contributed by atoms with Crippen molar-refractivity contribution in [1.29, 1.82) is 0 Å². The van der Waals surface area contributed by atoms with Gasteiger partial charge >= 0.3 is 0 Å². The smallest absolute Gasteiger partial charge is 0.273 e. The summed E-state index contributed by atoms with van der Waals surface area (Å²) < 4.78 is 0. The normalized spacial score (nSPS) is 19.6. The van der Waals surface area contributed by atoms with E-state index in [0.29, 0.717) is 24.8 Å². The Labute approximate surface area is 125 Å². The minimum absolute atomic E-state index is 0.135. The summed E-state index contributed by atoms with van der Waals surface area (Å²) in [4.78, 5) is 32.6. The summed E-state index contributed by atoms with van der Waals surface area (Å²) in [5, 5.41) is 2.65. The number of nitrogens with zero attached hydrogens (tertiary/aromatic N) is 3. The van der Waals surface area contributed by atoms with E-state index in [2.05, 4.69) is 29.0 Å². The standard InChI is InChI=1S/C15H22N4O2/c1-11(2)18-8-9-19(13(10-18)14(20)16-3)15(21)12-6-4-5-7-17-12/h4-7,11,13H,8-10H2,1-3H3,(H,16,20). The second kappa shape index (κ2) is 6.67. The Hall–Kier alpha value is -1.95. The molecule has 1 aliphatic heterocycles. The molecule has 6 nitrogen and oxygen atoms in total. The van der Waals surface area contributed by atoms with Crippen molar-refractivity contribution < 1.29 is 9.59 Å². The van der Waals surface area contributed by atoms with Gasteiger partial charge in [0.2, 0.25) is 5.91 Å². The third-order valence-electron chi connectivity index (χ3n) is 3.84. The van der Waals surface area contributed by atoms with Crippen molar-refractivity contribution in [3.63, 3.8) is 0 Å². The van der Waals surface area contributed by atoms with Gasteiger partial charge in [0, 0.05) is 38.9 Å². The number of nitrogens with one attached hydrogen (secondary N) is 1. The van der Waals surface area contributed by atoms with Gasteiger partial charge in [-0.2, -0.15) is 0 Å². The van der Waals surface area contributed by atoms with Crippen LogP contribution in [-0.2, 0) is 4.79 Å². The Morgan fingerprint density at radius 2 is 2.10 bits per heavy atom. The number of rotatable bonds is 3. The van der Waals surface area contributed by atoms with Crippen molar-refractivity contribution in [2.45, 2.75) is 25.9 Å². The fraction of sp³-hybridized carbons (Fsp3) is 0.533. The van der Waals surface area contributed by atoms with Gasteiger partial charge in [0.15, 0.2) is 0 Å². The van der Waals surface area contributed by atoms with Crippen molar-refractivity contribution in [3.8, 4) is 0 Å². The number of pyridine rings is 1. The zero-order chi connectivity index (χ0) is 15.4. The summed E-state index contributed by atoms with van der Waals surface area (Å²) in [5.41, 5.74) is 0.379. The lowest BCUT2D eigenvalue weighted by atomic mass is 10.1. The number of aromatic nitrogens is 1. The van der Waals surface area contributed by atoms with Gasteiger partial charge in [-0.3, -0.25) is 19.5 Å². The van der Waals surface area contributed by atoms with Gasteiger partial charge in [0.1, 0.15) is 11.7 Å². The summed E-state index contributed by atoms with van der Waals surface area (Å²) in [6.45, 7) is 6.04. The Morgan fingerprint density at radius 1 is 1.33 bits per heavy atom. The van der Waals surface area contributed by atoms with E-state index in [4.69, 9.17) is 0 Å². The maximum absolute atomic E-state index is 12.6. The molecule has 1 unspecified atom stereocenters. The van der Waals surface area contributed by atoms with Crippen molar-refractivity contribution >= 4 is 11.8 Å². The molecule has 6 heteroatoms. The molecule has 21 heavy (non-hydrogen) atoms. The molecular weight excluding hydrogens is 268 g/mol. The summed E-state index contributed by atoms with van der Waals surface area (Å²) in [5.74, 6) is -0.322. The molecule has 1 aromatic heterocycles. The quantitative estimate of drug-likeness (QED) is 0.873. The van der Waals surface area contributed by atoms with Crippen molar-refractivity contribution in [2.75, 3.05) is 26.7 Å². The van der Waals surface area contributed by atoms with Crippen LogP contribution in [0.5, 0.6) is 0 Å². The molecule has 1 N–H and O–H groups in total. The maximum Gasteiger partial charge on any atom is 0.273 e. The van der Waals surface area contributed by atoms with Crippen LogP contribution in [0, 0.1) is 0 Å². The Morgan fingerprint density at radius 3 is 2.67 bits per heavy atom. The molecule has 114 valence electrons. The van der Waals surface area contributed by atoms with Crippen LogP contribution in [0.4, 0.5) is 0 Å². The molecule has 0 aliphatic carbocycles. The first-order chi connectivity index (χ1) is 10.0. The third kappa shape index (κ3) is 3.39. The largest absolute Gasteiger partial charge is 0.357 e. The number of hydrogen-bond acceptors (Lipinski definition) is 4. The molecular formula is C15H22N4O2. The molecule has 0 bridgehead atoms. The highest BCUT2D eigenvalue weighted by molar-refractivity contribution is 5.96. The van der Waals surface area contributed by atoms with E-state index in [-0.39, 0.29) is 11.8 Å². The monoisotopic (exact) mass is 290 g/mol. The number of amides is 2. The number of likely N-dealkylation sites (N-methyl/N-ethyl adjacent to an activating group) is 1. The maximum atomic E-state index is 12.6. The molecule has 0 saturated carbocycles. The molecule has 1 aliphatic rings. The average molecular weight is 290 g/mol. The highest BCUT2D eigenvalue weighted by Crippen LogP contribution is 2.15. The molecule has 1 aromatic rings. The lowest BCUT2D eigenvalue weighted by Crippen LogP contribution is -2.61. The zero-order valence-electron chi connectivity index (χ0n) is 12.7. The first-order valence-electron chi connectivity index (χ1n) is 7.22. The minimum atomic E-state index is -0.472. The second-order valence-electron chi connectivity index (χ2n) is 5.43. The molecule has 0 spiro atoms. The first kappa shape index (κ1) is 15.4.